The summed E-state index contributed by atoms with van der Waals surface area (Å²) in [5, 5.41) is 5.63. The highest BCUT2D eigenvalue weighted by molar-refractivity contribution is 6.69. The second-order valence-electron chi connectivity index (χ2n) is 15.0. The first-order chi connectivity index (χ1) is 29.2. The SMILES string of the molecule is [B]c1cc2c(cc1[B])c1c([B])c([B])cc([B])c1c1c([B])c(-c3cccc4c3oc3cc(-c5nc(-c6ccccc6)nc(-c6c([B])c([B])c([B])c([B])c6[B])n5)ccc34)c([B])cc21. The standard InChI is InChI=1S/C45H15B12N3O/c46-24-12-21-22(13-25(24)47)31-33(27(49)15-28(50)35(31)51)32-23(21)14-26(48)30(36(32)52)20-8-4-7-19-18-10-9-17(11-29(18)61-42(19)20)44-58-43(16-5-2-1-3-6-16)59-45(60-44)34-37(53)39(55)41(57)40(56)38(34)54/h1-15H. The van der Waals surface area contributed by atoms with Gasteiger partial charge in [0.15, 0.2) is 17.5 Å². The summed E-state index contributed by atoms with van der Waals surface area (Å²) in [5.41, 5.74) is 6.82. The van der Waals surface area contributed by atoms with Gasteiger partial charge in [-0.05, 0) is 50.0 Å². The van der Waals surface area contributed by atoms with E-state index in [4.69, 9.17) is 114 Å². The maximum absolute atomic E-state index is 7.22. The number of fused-ring (bicyclic) bond motifs is 9. The van der Waals surface area contributed by atoms with Gasteiger partial charge in [-0.15, -0.1) is 32.8 Å². The van der Waals surface area contributed by atoms with Crippen molar-refractivity contribution in [2.24, 2.45) is 0 Å². The Hall–Kier alpha value is -5.87. The summed E-state index contributed by atoms with van der Waals surface area (Å²) in [6.45, 7) is 0. The molecule has 0 unspecified atom stereocenters. The summed E-state index contributed by atoms with van der Waals surface area (Å²) in [5.74, 6) is 0.823. The molecule has 10 aromatic rings. The van der Waals surface area contributed by atoms with E-state index in [2.05, 4.69) is 0 Å². The summed E-state index contributed by atoms with van der Waals surface area (Å²) < 4.78 is 6.72. The van der Waals surface area contributed by atoms with Crippen LogP contribution in [-0.4, -0.2) is 109 Å². The highest BCUT2D eigenvalue weighted by Crippen LogP contribution is 2.39. The molecule has 10 rings (SSSR count). The van der Waals surface area contributed by atoms with E-state index in [0.717, 1.165) is 21.7 Å². The Bertz CT molecular complexity index is 3550. The molecule has 0 bridgehead atoms. The van der Waals surface area contributed by atoms with E-state index in [1.807, 2.05) is 72.8 Å². The van der Waals surface area contributed by atoms with Crippen molar-refractivity contribution in [3.05, 3.63) is 91.0 Å². The summed E-state index contributed by atoms with van der Waals surface area (Å²) in [6.07, 6.45) is 0. The number of para-hydroxylation sites is 1. The minimum absolute atomic E-state index is 0.0748. The predicted octanol–water partition coefficient (Wildman–Crippen LogP) is -2.58. The van der Waals surface area contributed by atoms with Gasteiger partial charge in [-0.3, -0.25) is 0 Å². The van der Waals surface area contributed by atoms with Crippen LogP contribution in [-0.2, 0) is 0 Å². The third kappa shape index (κ3) is 5.96. The summed E-state index contributed by atoms with van der Waals surface area (Å²) in [6, 6.07) is 27.9. The van der Waals surface area contributed by atoms with E-state index >= 15 is 0 Å². The Morgan fingerprint density at radius 3 is 1.62 bits per heavy atom. The van der Waals surface area contributed by atoms with Crippen molar-refractivity contribution in [2.45, 2.75) is 0 Å². The van der Waals surface area contributed by atoms with Crippen molar-refractivity contribution in [1.29, 1.82) is 0 Å². The molecule has 0 N–H and O–H groups in total. The number of nitrogens with zero attached hydrogens (tertiary/aromatic N) is 3. The van der Waals surface area contributed by atoms with Crippen LogP contribution < -0.4 is 65.6 Å². The lowest BCUT2D eigenvalue weighted by Crippen LogP contribution is -2.55. The van der Waals surface area contributed by atoms with Crippen LogP contribution in [0.4, 0.5) is 0 Å². The molecule has 16 heteroatoms. The fraction of sp³-hybridized carbons (Fsp3) is 0. The van der Waals surface area contributed by atoms with Crippen LogP contribution >= 0.6 is 0 Å². The molecular formula is C45H15B12N3O. The van der Waals surface area contributed by atoms with Gasteiger partial charge < -0.3 is 4.42 Å². The van der Waals surface area contributed by atoms with Gasteiger partial charge in [-0.2, -0.15) is 0 Å². The fourth-order valence-electron chi connectivity index (χ4n) is 8.42. The first-order valence-electron chi connectivity index (χ1n) is 18.9. The van der Waals surface area contributed by atoms with Gasteiger partial charge in [-0.25, -0.2) is 15.0 Å². The number of aromatic nitrogens is 3. The lowest BCUT2D eigenvalue weighted by molar-refractivity contribution is 0.670. The molecule has 0 aliphatic carbocycles. The van der Waals surface area contributed by atoms with E-state index in [1.54, 1.807) is 18.2 Å². The largest absolute Gasteiger partial charge is 0.455 e. The van der Waals surface area contributed by atoms with Crippen LogP contribution in [0.2, 0.25) is 0 Å². The molecule has 61 heavy (non-hydrogen) atoms. The zero-order valence-corrected chi connectivity index (χ0v) is 32.3. The molecule has 8 aromatic carbocycles. The molecule has 4 nitrogen and oxygen atoms in total. The van der Waals surface area contributed by atoms with Gasteiger partial charge in [-0.1, -0.05) is 112 Å². The van der Waals surface area contributed by atoms with Crippen LogP contribution in [0.5, 0.6) is 0 Å². The van der Waals surface area contributed by atoms with E-state index in [0.29, 0.717) is 105 Å². The maximum Gasteiger partial charge on any atom is 0.164 e. The van der Waals surface area contributed by atoms with Gasteiger partial charge >= 0.3 is 0 Å². The normalized spacial score (nSPS) is 11.7. The predicted molar refractivity (Wildman–Crippen MR) is 266 cm³/mol. The zero-order chi connectivity index (χ0) is 42.8. The first-order valence-corrected chi connectivity index (χ1v) is 18.9. The molecule has 0 saturated heterocycles. The van der Waals surface area contributed by atoms with E-state index < -0.39 is 0 Å². The van der Waals surface area contributed by atoms with Crippen LogP contribution in [0.25, 0.3) is 99.5 Å². The highest BCUT2D eigenvalue weighted by Gasteiger charge is 2.23. The molecule has 0 atom stereocenters. The quantitative estimate of drug-likeness (QED) is 0.147. The van der Waals surface area contributed by atoms with Gasteiger partial charge in [0.1, 0.15) is 105 Å². The van der Waals surface area contributed by atoms with Crippen molar-refractivity contribution in [1.82, 2.24) is 15.0 Å². The molecule has 2 heterocycles. The maximum atomic E-state index is 7.22. The van der Waals surface area contributed by atoms with Crippen molar-refractivity contribution >= 4 is 214 Å². The first kappa shape index (κ1) is 39.3. The van der Waals surface area contributed by atoms with Gasteiger partial charge in [0.05, 0.1) is 0 Å². The highest BCUT2D eigenvalue weighted by atomic mass is 16.3. The second kappa shape index (κ2) is 14.4. The van der Waals surface area contributed by atoms with Crippen LogP contribution in [0.15, 0.2) is 95.4 Å². The molecule has 0 aliphatic rings. The van der Waals surface area contributed by atoms with Gasteiger partial charge in [0.2, 0.25) is 0 Å². The van der Waals surface area contributed by atoms with Crippen LogP contribution in [0.3, 0.4) is 0 Å². The average Bonchev–Trinajstić information content (AvgIpc) is 3.63. The number of rotatable bonds is 4. The molecular weight excluding hydrogens is 728 g/mol. The zero-order valence-electron chi connectivity index (χ0n) is 32.3. The Kier molecular flexibility index (Phi) is 9.25. The minimum Gasteiger partial charge on any atom is -0.455 e. The van der Waals surface area contributed by atoms with E-state index in [9.17, 15) is 0 Å². The molecule has 0 saturated carbocycles. The average molecular weight is 743 g/mol. The number of benzene rings is 8. The van der Waals surface area contributed by atoms with Gasteiger partial charge in [0.25, 0.3) is 0 Å². The fourth-order valence-corrected chi connectivity index (χ4v) is 8.42. The van der Waals surface area contributed by atoms with Gasteiger partial charge in [0, 0.05) is 33.0 Å². The summed E-state index contributed by atoms with van der Waals surface area (Å²) in [4.78, 5) is 14.5. The summed E-state index contributed by atoms with van der Waals surface area (Å²) >= 11 is 0. The van der Waals surface area contributed by atoms with E-state index in [-0.39, 0.29) is 38.7 Å². The third-order valence-corrected chi connectivity index (χ3v) is 11.5. The molecule has 0 fully saturated rings. The van der Waals surface area contributed by atoms with Crippen molar-refractivity contribution in [3.8, 4) is 45.3 Å². The van der Waals surface area contributed by atoms with Crippen molar-refractivity contribution < 1.29 is 4.42 Å². The van der Waals surface area contributed by atoms with Crippen molar-refractivity contribution in [3.63, 3.8) is 0 Å². The van der Waals surface area contributed by atoms with Crippen LogP contribution in [0, 0.1) is 0 Å². The monoisotopic (exact) mass is 745 g/mol. The third-order valence-electron chi connectivity index (χ3n) is 11.5. The molecule has 0 amide bonds. The number of hydrogen-bond donors (Lipinski definition) is 0. The second-order valence-corrected chi connectivity index (χ2v) is 15.0. The Labute approximate surface area is 367 Å². The Morgan fingerprint density at radius 2 is 0.934 bits per heavy atom. The molecule has 0 aliphatic heterocycles. The minimum atomic E-state index is 0.0748. The van der Waals surface area contributed by atoms with Crippen molar-refractivity contribution in [2.75, 3.05) is 0 Å². The summed E-state index contributed by atoms with van der Waals surface area (Å²) in [7, 11) is 78.1. The smallest absolute Gasteiger partial charge is 0.164 e. The number of furan rings is 1. The lowest BCUT2D eigenvalue weighted by Gasteiger charge is -2.23. The molecule has 24 radical (unpaired) electrons. The Balaban J connectivity index is 1.20. The van der Waals surface area contributed by atoms with E-state index in [1.165, 1.54) is 0 Å². The molecule has 2 aromatic heterocycles. The van der Waals surface area contributed by atoms with Crippen LogP contribution in [0.1, 0.15) is 0 Å². The Morgan fingerprint density at radius 1 is 0.344 bits per heavy atom. The molecule has 252 valence electrons. The number of hydrogen-bond acceptors (Lipinski definition) is 4. The topological polar surface area (TPSA) is 51.8 Å². The lowest BCUT2D eigenvalue weighted by atomic mass is 9.60. The molecule has 0 spiro atoms.